The van der Waals surface area contributed by atoms with Gasteiger partial charge in [-0.15, -0.1) is 0 Å². The molecule has 11 heteroatoms. The first-order chi connectivity index (χ1) is 14.0. The van der Waals surface area contributed by atoms with Crippen molar-refractivity contribution in [2.24, 2.45) is 0 Å². The molecule has 0 saturated carbocycles. The number of carbonyl (C=O) groups excluding carboxylic acids is 1. The summed E-state index contributed by atoms with van der Waals surface area (Å²) in [4.78, 5) is 22.8. The van der Waals surface area contributed by atoms with Gasteiger partial charge < -0.3 is 10.1 Å². The van der Waals surface area contributed by atoms with Crippen LogP contribution in [-0.2, 0) is 14.8 Å². The quantitative estimate of drug-likeness (QED) is 0.454. The Kier molecular flexibility index (Phi) is 7.63. The van der Waals surface area contributed by atoms with Crippen LogP contribution in [-0.4, -0.2) is 39.2 Å². The summed E-state index contributed by atoms with van der Waals surface area (Å²) < 4.78 is 30.6. The van der Waals surface area contributed by atoms with Crippen LogP contribution < -0.4 is 14.4 Å². The van der Waals surface area contributed by atoms with E-state index in [2.05, 4.69) is 5.32 Å². The van der Waals surface area contributed by atoms with Crippen molar-refractivity contribution in [1.82, 2.24) is 0 Å². The molecule has 9 nitrogen and oxygen atoms in total. The summed E-state index contributed by atoms with van der Waals surface area (Å²) in [5.41, 5.74) is 0.961. The van der Waals surface area contributed by atoms with Gasteiger partial charge in [-0.1, -0.05) is 17.7 Å². The van der Waals surface area contributed by atoms with E-state index in [1.807, 2.05) is 0 Å². The lowest BCUT2D eigenvalue weighted by atomic mass is 10.1. The summed E-state index contributed by atoms with van der Waals surface area (Å²) in [5, 5.41) is 13.9. The van der Waals surface area contributed by atoms with Gasteiger partial charge in [0.2, 0.25) is 15.9 Å². The first-order valence-corrected chi connectivity index (χ1v) is 11.1. The van der Waals surface area contributed by atoms with Crippen molar-refractivity contribution in [3.63, 3.8) is 0 Å². The fraction of sp³-hybridized carbons (Fsp3) is 0.316. The minimum Gasteiger partial charge on any atom is -0.495 e. The van der Waals surface area contributed by atoms with E-state index in [-0.39, 0.29) is 36.0 Å². The van der Waals surface area contributed by atoms with Crippen LogP contribution in [0.4, 0.5) is 17.1 Å². The third-order valence-electron chi connectivity index (χ3n) is 4.36. The predicted molar refractivity (Wildman–Crippen MR) is 116 cm³/mol. The van der Waals surface area contributed by atoms with Crippen LogP contribution in [0.5, 0.6) is 5.75 Å². The molecule has 2 aromatic carbocycles. The number of hydrogen-bond donors (Lipinski definition) is 1. The first kappa shape index (κ1) is 23.4. The Morgan fingerprint density at radius 2 is 2.00 bits per heavy atom. The van der Waals surface area contributed by atoms with Crippen LogP contribution in [0, 0.1) is 17.0 Å². The van der Waals surface area contributed by atoms with E-state index in [1.165, 1.54) is 25.3 Å². The predicted octanol–water partition coefficient (Wildman–Crippen LogP) is 3.75. The van der Waals surface area contributed by atoms with Crippen molar-refractivity contribution in [3.8, 4) is 5.75 Å². The molecule has 0 unspecified atom stereocenters. The number of ether oxygens (including phenoxy) is 1. The number of hydrogen-bond acceptors (Lipinski definition) is 6. The molecule has 0 aliphatic heterocycles. The van der Waals surface area contributed by atoms with E-state index in [4.69, 9.17) is 16.3 Å². The molecule has 0 aromatic heterocycles. The maximum Gasteiger partial charge on any atom is 0.274 e. The maximum absolute atomic E-state index is 12.3. The number of nitro benzene ring substituents is 1. The normalized spacial score (nSPS) is 11.1. The summed E-state index contributed by atoms with van der Waals surface area (Å²) in [6, 6.07) is 9.02. The minimum absolute atomic E-state index is 0.0258. The molecule has 162 valence electrons. The molecule has 2 rings (SSSR count). The van der Waals surface area contributed by atoms with Gasteiger partial charge in [0.25, 0.3) is 5.69 Å². The monoisotopic (exact) mass is 455 g/mol. The highest BCUT2D eigenvalue weighted by atomic mass is 35.5. The fourth-order valence-corrected chi connectivity index (χ4v) is 4.06. The molecular weight excluding hydrogens is 434 g/mol. The lowest BCUT2D eigenvalue weighted by molar-refractivity contribution is -0.385. The van der Waals surface area contributed by atoms with Gasteiger partial charge in [-0.3, -0.25) is 19.2 Å². The molecule has 0 aliphatic carbocycles. The zero-order valence-electron chi connectivity index (χ0n) is 16.7. The number of halogens is 1. The molecule has 30 heavy (non-hydrogen) atoms. The Bertz CT molecular complexity index is 1060. The van der Waals surface area contributed by atoms with Crippen LogP contribution in [0.15, 0.2) is 36.4 Å². The van der Waals surface area contributed by atoms with Gasteiger partial charge in [-0.05, 0) is 37.6 Å². The number of nitro groups is 1. The van der Waals surface area contributed by atoms with Crippen LogP contribution >= 0.6 is 11.6 Å². The van der Waals surface area contributed by atoms with Crippen molar-refractivity contribution in [2.45, 2.75) is 19.8 Å². The Morgan fingerprint density at radius 3 is 2.57 bits per heavy atom. The lowest BCUT2D eigenvalue weighted by Gasteiger charge is -2.23. The van der Waals surface area contributed by atoms with Crippen LogP contribution in [0.1, 0.15) is 18.4 Å². The van der Waals surface area contributed by atoms with Gasteiger partial charge in [0, 0.05) is 19.0 Å². The van der Waals surface area contributed by atoms with Crippen LogP contribution in [0.3, 0.4) is 0 Å². The third-order valence-corrected chi connectivity index (χ3v) is 5.85. The molecule has 0 radical (unpaired) electrons. The summed E-state index contributed by atoms with van der Waals surface area (Å²) in [6.07, 6.45) is 1.33. The standard InChI is InChI=1S/C19H22ClN3O6S/c1-13-16(6-4-7-17(13)23(25)26)21-19(24)8-5-11-22(30(3,27)28)14-9-10-18(29-2)15(20)12-14/h4,6-7,9-10,12H,5,8,11H2,1-3H3,(H,21,24). The number of nitrogens with one attached hydrogen (secondary N) is 1. The Balaban J connectivity index is 2.06. The second-order valence-corrected chi connectivity index (χ2v) is 8.83. The Morgan fingerprint density at radius 1 is 1.30 bits per heavy atom. The average molecular weight is 456 g/mol. The van der Waals surface area contributed by atoms with Gasteiger partial charge in [0.05, 0.1) is 40.2 Å². The molecular formula is C19H22ClN3O6S. The average Bonchev–Trinajstić information content (AvgIpc) is 2.65. The smallest absolute Gasteiger partial charge is 0.274 e. The highest BCUT2D eigenvalue weighted by molar-refractivity contribution is 7.92. The Labute approximate surface area is 179 Å². The van der Waals surface area contributed by atoms with Gasteiger partial charge >= 0.3 is 0 Å². The molecule has 2 aromatic rings. The number of methoxy groups -OCH3 is 1. The number of rotatable bonds is 9. The van der Waals surface area contributed by atoms with Gasteiger partial charge in [-0.25, -0.2) is 8.42 Å². The highest BCUT2D eigenvalue weighted by Gasteiger charge is 2.19. The molecule has 1 N–H and O–H groups in total. The zero-order chi connectivity index (χ0) is 22.5. The molecule has 0 bridgehead atoms. The number of benzene rings is 2. The summed E-state index contributed by atoms with van der Waals surface area (Å²) in [5.74, 6) is 0.0420. The molecule has 1 amide bonds. The van der Waals surface area contributed by atoms with E-state index in [0.29, 0.717) is 22.7 Å². The SMILES string of the molecule is COc1ccc(N(CCCC(=O)Nc2cccc([N+](=O)[O-])c2C)S(C)(=O)=O)cc1Cl. The minimum atomic E-state index is -3.61. The van der Waals surface area contributed by atoms with E-state index in [9.17, 15) is 23.3 Å². The second kappa shape index (κ2) is 9.77. The van der Waals surface area contributed by atoms with Gasteiger partial charge in [0.1, 0.15) is 5.75 Å². The molecule has 0 atom stereocenters. The Hall–Kier alpha value is -2.85. The van der Waals surface area contributed by atoms with E-state index in [1.54, 1.807) is 25.1 Å². The number of carbonyl (C=O) groups is 1. The summed E-state index contributed by atoms with van der Waals surface area (Å²) >= 11 is 6.09. The second-order valence-electron chi connectivity index (χ2n) is 6.51. The largest absolute Gasteiger partial charge is 0.495 e. The molecule has 0 spiro atoms. The van der Waals surface area contributed by atoms with Crippen molar-refractivity contribution < 1.29 is 22.9 Å². The zero-order valence-corrected chi connectivity index (χ0v) is 18.3. The molecule has 0 heterocycles. The van der Waals surface area contributed by atoms with Crippen LogP contribution in [0.2, 0.25) is 5.02 Å². The number of sulfonamides is 1. The lowest BCUT2D eigenvalue weighted by Crippen LogP contribution is -2.31. The number of nitrogens with zero attached hydrogens (tertiary/aromatic N) is 2. The first-order valence-electron chi connectivity index (χ1n) is 8.89. The van der Waals surface area contributed by atoms with Crippen molar-refractivity contribution >= 4 is 44.6 Å². The van der Waals surface area contributed by atoms with Crippen molar-refractivity contribution in [2.75, 3.05) is 29.5 Å². The number of amides is 1. The molecule has 0 saturated heterocycles. The fourth-order valence-electron chi connectivity index (χ4n) is 2.85. The van der Waals surface area contributed by atoms with E-state index >= 15 is 0 Å². The van der Waals surface area contributed by atoms with Gasteiger partial charge in [0.15, 0.2) is 0 Å². The van der Waals surface area contributed by atoms with E-state index < -0.39 is 14.9 Å². The maximum atomic E-state index is 12.3. The summed E-state index contributed by atoms with van der Waals surface area (Å²) in [6.45, 7) is 1.61. The van der Waals surface area contributed by atoms with Gasteiger partial charge in [-0.2, -0.15) is 0 Å². The van der Waals surface area contributed by atoms with Crippen molar-refractivity contribution in [1.29, 1.82) is 0 Å². The highest BCUT2D eigenvalue weighted by Crippen LogP contribution is 2.30. The van der Waals surface area contributed by atoms with Crippen molar-refractivity contribution in [3.05, 3.63) is 57.1 Å². The summed E-state index contributed by atoms with van der Waals surface area (Å²) in [7, 11) is -2.15. The van der Waals surface area contributed by atoms with E-state index in [0.717, 1.165) is 10.6 Å². The molecule has 0 aliphatic rings. The topological polar surface area (TPSA) is 119 Å². The van der Waals surface area contributed by atoms with Crippen LogP contribution in [0.25, 0.3) is 0 Å². The third kappa shape index (κ3) is 5.83. The number of anilines is 2. The molecule has 0 fully saturated rings.